The topological polar surface area (TPSA) is 35.5 Å². The number of benzene rings is 3. The van der Waals surface area contributed by atoms with Crippen molar-refractivity contribution in [3.05, 3.63) is 84.9 Å². The Balaban J connectivity index is 1.87. The van der Waals surface area contributed by atoms with Gasteiger partial charge >= 0.3 is 6.95 Å². The fraction of sp³-hybridized carbons (Fsp3) is 0. The second kappa shape index (κ2) is 6.91. The van der Waals surface area contributed by atoms with Gasteiger partial charge < -0.3 is 9.05 Å². The predicted molar refractivity (Wildman–Crippen MR) is 93.0 cm³/mol. The average molecular weight is 345 g/mol. The van der Waals surface area contributed by atoms with E-state index in [9.17, 15) is 4.57 Å². The smallest absolute Gasteiger partial charge is 0.405 e. The minimum Gasteiger partial charge on any atom is -0.405 e. The molecule has 0 aliphatic heterocycles. The van der Waals surface area contributed by atoms with Gasteiger partial charge in [0.25, 0.3) is 0 Å². The molecule has 0 heterocycles. The summed E-state index contributed by atoms with van der Waals surface area (Å²) in [6.45, 7) is -3.81. The Morgan fingerprint density at radius 3 is 1.96 bits per heavy atom. The molecule has 3 aromatic rings. The third-order valence-corrected chi connectivity index (χ3v) is 4.39. The Morgan fingerprint density at radius 1 is 0.696 bits per heavy atom. The zero-order chi connectivity index (χ0) is 16.1. The van der Waals surface area contributed by atoms with E-state index in [1.165, 1.54) is 0 Å². The fourth-order valence-corrected chi connectivity index (χ4v) is 3.41. The molecule has 0 bridgehead atoms. The van der Waals surface area contributed by atoms with E-state index in [2.05, 4.69) is 0 Å². The van der Waals surface area contributed by atoms with Crippen LogP contribution in [0.5, 0.6) is 11.5 Å². The summed E-state index contributed by atoms with van der Waals surface area (Å²) in [6.07, 6.45) is 0. The van der Waals surface area contributed by atoms with Gasteiger partial charge in [-0.1, -0.05) is 66.7 Å². The third kappa shape index (κ3) is 4.16. The maximum Gasteiger partial charge on any atom is 0.530 e. The van der Waals surface area contributed by atoms with Crippen LogP contribution in [0.2, 0.25) is 0 Å². The van der Waals surface area contributed by atoms with Crippen molar-refractivity contribution in [2.24, 2.45) is 0 Å². The SMILES string of the molecule is O=P(Cl)(Oc1ccccc1)Oc1ccccc1-c1ccccc1. The van der Waals surface area contributed by atoms with E-state index in [1.807, 2.05) is 48.5 Å². The van der Waals surface area contributed by atoms with Crippen molar-refractivity contribution in [2.45, 2.75) is 0 Å². The molecule has 1 unspecified atom stereocenters. The van der Waals surface area contributed by atoms with Crippen LogP contribution in [0.25, 0.3) is 11.1 Å². The van der Waals surface area contributed by atoms with E-state index >= 15 is 0 Å². The Hall–Kier alpha value is -2.22. The summed E-state index contributed by atoms with van der Waals surface area (Å²) in [5.41, 5.74) is 1.74. The van der Waals surface area contributed by atoms with Crippen LogP contribution in [-0.4, -0.2) is 0 Å². The van der Waals surface area contributed by atoms with Crippen LogP contribution in [0.1, 0.15) is 0 Å². The summed E-state index contributed by atoms with van der Waals surface area (Å²) in [4.78, 5) is 0. The molecule has 0 amide bonds. The molecule has 0 fully saturated rings. The lowest BCUT2D eigenvalue weighted by atomic mass is 10.1. The van der Waals surface area contributed by atoms with Gasteiger partial charge in [-0.3, -0.25) is 0 Å². The van der Waals surface area contributed by atoms with Gasteiger partial charge in [-0.25, -0.2) is 4.57 Å². The second-order valence-corrected chi connectivity index (χ2v) is 7.26. The fourth-order valence-electron chi connectivity index (χ4n) is 2.15. The highest BCUT2D eigenvalue weighted by Gasteiger charge is 2.26. The van der Waals surface area contributed by atoms with Gasteiger partial charge in [0.15, 0.2) is 0 Å². The molecule has 0 saturated heterocycles. The van der Waals surface area contributed by atoms with E-state index < -0.39 is 6.95 Å². The van der Waals surface area contributed by atoms with Gasteiger partial charge in [0.2, 0.25) is 0 Å². The van der Waals surface area contributed by atoms with Crippen molar-refractivity contribution >= 4 is 18.2 Å². The van der Waals surface area contributed by atoms with Gasteiger partial charge in [-0.05, 0) is 23.8 Å². The lowest BCUT2D eigenvalue weighted by Crippen LogP contribution is -1.96. The number of rotatable bonds is 5. The number of halogens is 1. The van der Waals surface area contributed by atoms with E-state index in [1.54, 1.807) is 36.4 Å². The zero-order valence-corrected chi connectivity index (χ0v) is 13.8. The maximum absolute atomic E-state index is 12.5. The summed E-state index contributed by atoms with van der Waals surface area (Å²) in [6, 6.07) is 25.6. The van der Waals surface area contributed by atoms with Gasteiger partial charge in [-0.2, -0.15) is 0 Å². The summed E-state index contributed by atoms with van der Waals surface area (Å²) < 4.78 is 23.2. The molecule has 3 nitrogen and oxygen atoms in total. The number of hydrogen-bond acceptors (Lipinski definition) is 3. The van der Waals surface area contributed by atoms with Crippen molar-refractivity contribution in [3.63, 3.8) is 0 Å². The molecule has 3 rings (SSSR count). The quantitative estimate of drug-likeness (QED) is 0.520. The molecule has 0 radical (unpaired) electrons. The largest absolute Gasteiger partial charge is 0.530 e. The average Bonchev–Trinajstić information content (AvgIpc) is 2.56. The van der Waals surface area contributed by atoms with Crippen LogP contribution in [0, 0.1) is 0 Å². The van der Waals surface area contributed by atoms with E-state index in [-0.39, 0.29) is 0 Å². The first-order chi connectivity index (χ1) is 11.1. The van der Waals surface area contributed by atoms with Crippen LogP contribution >= 0.6 is 18.2 Å². The first-order valence-electron chi connectivity index (χ1n) is 7.02. The number of hydrogen-bond donors (Lipinski definition) is 0. The Kier molecular flexibility index (Phi) is 4.71. The Morgan fingerprint density at radius 2 is 1.26 bits per heavy atom. The van der Waals surface area contributed by atoms with Gasteiger partial charge in [0.05, 0.1) is 0 Å². The van der Waals surface area contributed by atoms with E-state index in [0.717, 1.165) is 11.1 Å². The summed E-state index contributed by atoms with van der Waals surface area (Å²) in [7, 11) is 0. The highest BCUT2D eigenvalue weighted by atomic mass is 35.7. The Labute approximate surface area is 139 Å². The molecule has 0 saturated carbocycles. The molecular formula is C18H14ClO3P. The molecule has 0 aromatic heterocycles. The molecule has 23 heavy (non-hydrogen) atoms. The van der Waals surface area contributed by atoms with E-state index in [4.69, 9.17) is 20.3 Å². The lowest BCUT2D eigenvalue weighted by molar-refractivity contribution is 0.407. The van der Waals surface area contributed by atoms with Gasteiger partial charge in [0, 0.05) is 16.8 Å². The molecular weight excluding hydrogens is 331 g/mol. The molecule has 0 aliphatic rings. The van der Waals surface area contributed by atoms with Crippen LogP contribution < -0.4 is 9.05 Å². The first-order valence-corrected chi connectivity index (χ1v) is 9.47. The minimum atomic E-state index is -3.81. The molecule has 116 valence electrons. The van der Waals surface area contributed by atoms with Crippen molar-refractivity contribution < 1.29 is 13.6 Å². The summed E-state index contributed by atoms with van der Waals surface area (Å²) in [5.74, 6) is 0.802. The van der Waals surface area contributed by atoms with E-state index in [0.29, 0.717) is 11.5 Å². The second-order valence-electron chi connectivity index (χ2n) is 4.79. The highest BCUT2D eigenvalue weighted by molar-refractivity contribution is 7.82. The van der Waals surface area contributed by atoms with Gasteiger partial charge in [-0.15, -0.1) is 0 Å². The summed E-state index contributed by atoms with van der Waals surface area (Å²) >= 11 is 5.98. The van der Waals surface area contributed by atoms with Crippen molar-refractivity contribution in [3.8, 4) is 22.6 Å². The molecule has 1 atom stereocenters. The monoisotopic (exact) mass is 344 g/mol. The molecule has 3 aromatic carbocycles. The van der Waals surface area contributed by atoms with Gasteiger partial charge in [0.1, 0.15) is 11.5 Å². The van der Waals surface area contributed by atoms with Crippen LogP contribution in [-0.2, 0) is 4.57 Å². The summed E-state index contributed by atoms with van der Waals surface area (Å²) in [5, 5.41) is 0. The highest BCUT2D eigenvalue weighted by Crippen LogP contribution is 2.54. The standard InChI is InChI=1S/C18H14ClO3P/c19-23(20,21-16-11-5-2-6-12-16)22-18-14-8-7-13-17(18)15-9-3-1-4-10-15/h1-14H. The van der Waals surface area contributed by atoms with Crippen LogP contribution in [0.3, 0.4) is 0 Å². The Bertz CT molecular complexity index is 822. The molecule has 0 spiro atoms. The third-order valence-electron chi connectivity index (χ3n) is 3.14. The van der Waals surface area contributed by atoms with Crippen molar-refractivity contribution in [1.29, 1.82) is 0 Å². The van der Waals surface area contributed by atoms with Crippen LogP contribution in [0.4, 0.5) is 0 Å². The normalized spacial score (nSPS) is 13.1. The van der Waals surface area contributed by atoms with Crippen LogP contribution in [0.15, 0.2) is 84.9 Å². The van der Waals surface area contributed by atoms with Crippen molar-refractivity contribution in [1.82, 2.24) is 0 Å². The zero-order valence-electron chi connectivity index (χ0n) is 12.1. The maximum atomic E-state index is 12.5. The van der Waals surface area contributed by atoms with Crippen molar-refractivity contribution in [2.75, 3.05) is 0 Å². The first kappa shape index (κ1) is 15.7. The molecule has 0 N–H and O–H groups in total. The lowest BCUT2D eigenvalue weighted by Gasteiger charge is -2.16. The molecule has 0 aliphatic carbocycles. The predicted octanol–water partition coefficient (Wildman–Crippen LogP) is 6.16. The minimum absolute atomic E-state index is 0.392. The molecule has 5 heteroatoms. The number of para-hydroxylation sites is 2.